The highest BCUT2D eigenvalue weighted by atomic mass is 16.5. The smallest absolute Gasteiger partial charge is 0.119 e. The second kappa shape index (κ2) is 31.4. The first-order valence-corrected chi connectivity index (χ1v) is 41.2. The average molecular weight is 1610 g/mol. The zero-order chi connectivity index (χ0) is 83.5. The second-order valence-corrected chi connectivity index (χ2v) is 31.1. The Kier molecular flexibility index (Phi) is 19.5. The normalized spacial score (nSPS) is 13.7. The molecule has 0 saturated heterocycles. The predicted octanol–water partition coefficient (Wildman–Crippen LogP) is 26.5. The molecule has 4 aliphatic carbocycles. The molecule has 0 N–H and O–H groups in total. The SMILES string of the molecule is COc1ccc(N(c2ccc(OC)cc2)c2ccc3c(c2)C2(C4=C3C(c3ccccc3)(c3ccccc3)c3cc(N(c5ccc(OC)cc5)c5ccc(OC)cc5)ccc34)C3=C(c4ccc(N(c5ccc(OC)cc5)c5ccc(OC)cc5)cc42)C(c2ccccc2)(c2ccccc2)c2cc(N(c4ccc(OC)cc4)c4ccc(OC)cc4)ccc23)cc1. The molecular formula is C111H88N4O8. The Hall–Kier alpha value is -15.4. The van der Waals surface area contributed by atoms with Gasteiger partial charge in [0.15, 0.2) is 0 Å². The van der Waals surface area contributed by atoms with Crippen LogP contribution in [-0.4, -0.2) is 56.9 Å². The first-order chi connectivity index (χ1) is 60.6. The van der Waals surface area contributed by atoms with Gasteiger partial charge in [-0.2, -0.15) is 0 Å². The van der Waals surface area contributed by atoms with E-state index in [1.54, 1.807) is 56.9 Å². The van der Waals surface area contributed by atoms with Gasteiger partial charge >= 0.3 is 0 Å². The van der Waals surface area contributed by atoms with E-state index in [9.17, 15) is 0 Å². The molecule has 600 valence electrons. The van der Waals surface area contributed by atoms with Crippen LogP contribution in [0.25, 0.3) is 22.3 Å². The van der Waals surface area contributed by atoms with E-state index in [0.29, 0.717) is 0 Å². The topological polar surface area (TPSA) is 86.8 Å². The molecule has 0 heterocycles. The Morgan fingerprint density at radius 1 is 0.154 bits per heavy atom. The Bertz CT molecular complexity index is 5990. The Labute approximate surface area is 717 Å². The lowest BCUT2D eigenvalue weighted by Crippen LogP contribution is -2.31. The highest BCUT2D eigenvalue weighted by molar-refractivity contribution is 6.27. The number of allylic oxidation sites excluding steroid dienone is 4. The quantitative estimate of drug-likeness (QED) is 0.0577. The molecule has 20 rings (SSSR count). The molecule has 0 aromatic heterocycles. The van der Waals surface area contributed by atoms with Gasteiger partial charge in [-0.15, -0.1) is 0 Å². The van der Waals surface area contributed by atoms with E-state index in [1.807, 2.05) is 97.1 Å². The van der Waals surface area contributed by atoms with Crippen LogP contribution >= 0.6 is 0 Å². The van der Waals surface area contributed by atoms with Gasteiger partial charge < -0.3 is 57.5 Å². The molecule has 0 radical (unpaired) electrons. The standard InChI is InChI=1S/C111H88N4O8/c1-116-89-49-29-77(30-50-89)112(78-31-51-90(117-2)52-32-78)85-45-65-97-101(69-85)109(73-21-13-9-14-22-73,74-23-15-10-16-24-74)105-99-67-47-87(114(81-37-57-93(120-5)58-38-81)82-39-59-94(121-6)60-40-82)71-103(99)111(107(97)105)104-72-88(115(83-41-61-95(122-7)62-42-83)84-43-63-96(123-8)64-44-84)48-68-100(104)106-108(111)98-66-46-86(70-102(98)110(106,75-25-17-11-18-26-75)76-27-19-12-20-28-76)113(79-33-53-91(118-3)54-34-79)80-35-55-92(119-4)56-36-80/h9-72H,1-8H3. The van der Waals surface area contributed by atoms with Crippen molar-refractivity contribution in [2.24, 2.45) is 0 Å². The summed E-state index contributed by atoms with van der Waals surface area (Å²) in [5.41, 5.74) is 25.8. The summed E-state index contributed by atoms with van der Waals surface area (Å²) in [6, 6.07) is 141. The molecule has 123 heavy (non-hydrogen) atoms. The van der Waals surface area contributed by atoms with Crippen LogP contribution in [0.3, 0.4) is 0 Å². The van der Waals surface area contributed by atoms with Gasteiger partial charge in [-0.25, -0.2) is 0 Å². The van der Waals surface area contributed by atoms with Gasteiger partial charge in [0.1, 0.15) is 46.0 Å². The maximum absolute atomic E-state index is 5.95. The van der Waals surface area contributed by atoms with Crippen molar-refractivity contribution in [2.75, 3.05) is 76.5 Å². The van der Waals surface area contributed by atoms with Crippen LogP contribution in [0.5, 0.6) is 46.0 Å². The van der Waals surface area contributed by atoms with Gasteiger partial charge in [-0.3, -0.25) is 0 Å². The van der Waals surface area contributed by atoms with Crippen molar-refractivity contribution in [3.63, 3.8) is 0 Å². The molecule has 16 aromatic carbocycles. The second-order valence-electron chi connectivity index (χ2n) is 31.1. The van der Waals surface area contributed by atoms with Gasteiger partial charge in [0.25, 0.3) is 0 Å². The Morgan fingerprint density at radius 3 is 0.463 bits per heavy atom. The summed E-state index contributed by atoms with van der Waals surface area (Å²) in [7, 11) is 13.7. The fourth-order valence-corrected chi connectivity index (χ4v) is 19.9. The summed E-state index contributed by atoms with van der Waals surface area (Å²) < 4.78 is 47.3. The summed E-state index contributed by atoms with van der Waals surface area (Å²) in [5.74, 6) is 5.99. The van der Waals surface area contributed by atoms with Crippen LogP contribution in [-0.2, 0) is 16.2 Å². The van der Waals surface area contributed by atoms with E-state index in [-0.39, 0.29) is 0 Å². The molecule has 0 fully saturated rings. The van der Waals surface area contributed by atoms with Gasteiger partial charge in [-0.05, 0) is 332 Å². The number of benzene rings is 16. The maximum atomic E-state index is 5.95. The third-order valence-corrected chi connectivity index (χ3v) is 25.2. The van der Waals surface area contributed by atoms with Crippen LogP contribution in [0, 0.1) is 0 Å². The van der Waals surface area contributed by atoms with Gasteiger partial charge in [0.05, 0.1) is 73.1 Å². The van der Waals surface area contributed by atoms with Crippen LogP contribution in [0.15, 0.2) is 388 Å². The highest BCUT2D eigenvalue weighted by Crippen LogP contribution is 2.78. The van der Waals surface area contributed by atoms with Crippen LogP contribution in [0.2, 0.25) is 0 Å². The monoisotopic (exact) mass is 1600 g/mol. The van der Waals surface area contributed by atoms with E-state index in [0.717, 1.165) is 181 Å². The summed E-state index contributed by atoms with van der Waals surface area (Å²) in [4.78, 5) is 9.47. The van der Waals surface area contributed by atoms with Crippen molar-refractivity contribution in [2.45, 2.75) is 16.2 Å². The molecule has 0 aliphatic heterocycles. The van der Waals surface area contributed by atoms with Crippen molar-refractivity contribution in [1.82, 2.24) is 0 Å². The zero-order valence-corrected chi connectivity index (χ0v) is 69.5. The number of methoxy groups -OCH3 is 8. The number of nitrogens with zero attached hydrogens (tertiary/aromatic N) is 4. The van der Waals surface area contributed by atoms with Gasteiger partial charge in [0, 0.05) is 68.2 Å². The molecule has 16 aromatic rings. The number of ether oxygens (including phenoxy) is 8. The third kappa shape index (κ3) is 12.2. The van der Waals surface area contributed by atoms with Gasteiger partial charge in [-0.1, -0.05) is 146 Å². The number of hydrogen-bond acceptors (Lipinski definition) is 12. The van der Waals surface area contributed by atoms with Crippen molar-refractivity contribution < 1.29 is 37.9 Å². The fraction of sp³-hybridized carbons (Fsp3) is 0.0991. The molecule has 4 aliphatic rings. The molecular weight excluding hydrogens is 1520 g/mol. The number of anilines is 12. The molecule has 0 bridgehead atoms. The predicted molar refractivity (Wildman–Crippen MR) is 497 cm³/mol. The molecule has 12 nitrogen and oxygen atoms in total. The van der Waals surface area contributed by atoms with Crippen LogP contribution in [0.1, 0.15) is 66.8 Å². The molecule has 0 amide bonds. The third-order valence-electron chi connectivity index (χ3n) is 25.2. The average Bonchev–Trinajstić information content (AvgIpc) is 1.45. The highest BCUT2D eigenvalue weighted by Gasteiger charge is 2.67. The first-order valence-electron chi connectivity index (χ1n) is 41.2. The molecule has 1 spiro atoms. The van der Waals surface area contributed by atoms with Crippen LogP contribution < -0.4 is 57.5 Å². The summed E-state index contributed by atoms with van der Waals surface area (Å²) in [6.07, 6.45) is 0. The first kappa shape index (κ1) is 76.3. The maximum Gasteiger partial charge on any atom is 0.119 e. The minimum Gasteiger partial charge on any atom is -0.497 e. The van der Waals surface area contributed by atoms with E-state index in [1.165, 1.54) is 22.3 Å². The van der Waals surface area contributed by atoms with E-state index >= 15 is 0 Å². The fourth-order valence-electron chi connectivity index (χ4n) is 19.9. The number of rotatable bonds is 24. The molecule has 0 unspecified atom stereocenters. The largest absolute Gasteiger partial charge is 0.497 e. The minimum absolute atomic E-state index is 0.744. The van der Waals surface area contributed by atoms with Crippen molar-refractivity contribution in [1.29, 1.82) is 0 Å². The summed E-state index contributed by atoms with van der Waals surface area (Å²) >= 11 is 0. The number of hydrogen-bond donors (Lipinski definition) is 0. The van der Waals surface area contributed by atoms with Gasteiger partial charge in [0.2, 0.25) is 0 Å². The lowest BCUT2D eigenvalue weighted by Gasteiger charge is -2.39. The summed E-state index contributed by atoms with van der Waals surface area (Å²) in [5, 5.41) is 0. The molecule has 0 saturated carbocycles. The van der Waals surface area contributed by atoms with E-state index < -0.39 is 16.2 Å². The van der Waals surface area contributed by atoms with E-state index in [4.69, 9.17) is 37.9 Å². The van der Waals surface area contributed by atoms with Crippen molar-refractivity contribution >= 4 is 90.5 Å². The zero-order valence-electron chi connectivity index (χ0n) is 69.5. The Balaban J connectivity index is 0.988. The van der Waals surface area contributed by atoms with Crippen molar-refractivity contribution in [3.05, 3.63) is 455 Å². The van der Waals surface area contributed by atoms with Crippen molar-refractivity contribution in [3.8, 4) is 46.0 Å². The lowest BCUT2D eigenvalue weighted by molar-refractivity contribution is 0.414. The number of fused-ring (bicyclic) bond motifs is 12. The molecule has 0 atom stereocenters. The molecule has 12 heteroatoms. The van der Waals surface area contributed by atoms with E-state index in [2.05, 4.69) is 311 Å². The minimum atomic E-state index is -1.25. The van der Waals surface area contributed by atoms with Crippen LogP contribution in [0.4, 0.5) is 68.2 Å². The summed E-state index contributed by atoms with van der Waals surface area (Å²) in [6.45, 7) is 0. The lowest BCUT2D eigenvalue weighted by atomic mass is 9.63. The Morgan fingerprint density at radius 2 is 0.301 bits per heavy atom.